The van der Waals surface area contributed by atoms with Crippen LogP contribution in [0.25, 0.3) is 0 Å². The average Bonchev–Trinajstić information content (AvgIpc) is 3.49. The molecule has 0 radical (unpaired) electrons. The fraction of sp³-hybridized carbons (Fsp3) is 0.667. The zero-order valence-electron chi connectivity index (χ0n) is 31.0. The van der Waals surface area contributed by atoms with Crippen LogP contribution in [0.15, 0.2) is 36.1 Å². The van der Waals surface area contributed by atoms with Crippen LogP contribution in [-0.4, -0.2) is 86.6 Å². The zero-order chi connectivity index (χ0) is 36.7. The number of ether oxygens (including phenoxy) is 3. The fourth-order valence-corrected chi connectivity index (χ4v) is 6.81. The standard InChI is InChI=1S/C39H61N3O8/c1-27(2)14-19-50-39(6,25-31-26-42(41-40-31)16-20-48-21-17-43)15-10-8-7-9-11-30-24-34(49-22-18-44)36(37(45)35(30)38(46)47)33-23-29(5)12-13-32(33)28(3)4/h23-24,26-27,32-33,43-45H,3,7-22,25H2,1-2,4-6H3,(H,46,47). The van der Waals surface area contributed by atoms with Gasteiger partial charge in [-0.05, 0) is 82.8 Å². The third-order valence-electron chi connectivity index (χ3n) is 9.55. The Balaban J connectivity index is 1.69. The number of aliphatic hydroxyl groups excluding tert-OH is 2. The first-order valence-corrected chi connectivity index (χ1v) is 18.3. The van der Waals surface area contributed by atoms with E-state index >= 15 is 0 Å². The molecule has 3 unspecified atom stereocenters. The molecule has 11 nitrogen and oxygen atoms in total. The number of carbonyl (C=O) groups is 1. The predicted molar refractivity (Wildman–Crippen MR) is 194 cm³/mol. The lowest BCUT2D eigenvalue weighted by molar-refractivity contribution is -0.0435. The van der Waals surface area contributed by atoms with Gasteiger partial charge < -0.3 is 34.6 Å². The molecule has 3 rings (SSSR count). The van der Waals surface area contributed by atoms with Crippen LogP contribution in [0.3, 0.4) is 0 Å². The second-order valence-electron chi connectivity index (χ2n) is 14.5. The number of carboxylic acid groups (broad SMARTS) is 1. The number of phenols is 1. The Morgan fingerprint density at radius 3 is 2.54 bits per heavy atom. The van der Waals surface area contributed by atoms with Gasteiger partial charge >= 0.3 is 5.97 Å². The van der Waals surface area contributed by atoms with E-state index in [0.29, 0.717) is 62.0 Å². The molecule has 11 heteroatoms. The molecule has 50 heavy (non-hydrogen) atoms. The Bertz CT molecular complexity index is 1400. The van der Waals surface area contributed by atoms with Gasteiger partial charge in [-0.2, -0.15) is 0 Å². The second kappa shape index (κ2) is 20.6. The minimum atomic E-state index is -1.17. The topological polar surface area (TPSA) is 156 Å². The summed E-state index contributed by atoms with van der Waals surface area (Å²) >= 11 is 0. The van der Waals surface area contributed by atoms with Crippen molar-refractivity contribution in [1.82, 2.24) is 15.0 Å². The molecule has 0 saturated heterocycles. The summed E-state index contributed by atoms with van der Waals surface area (Å²) in [6.45, 7) is 16.5. The van der Waals surface area contributed by atoms with Gasteiger partial charge in [0.1, 0.15) is 23.7 Å². The number of hydrogen-bond acceptors (Lipinski definition) is 9. The number of aromatic hydroxyl groups is 1. The molecule has 0 saturated carbocycles. The largest absolute Gasteiger partial charge is 0.507 e. The molecule has 0 bridgehead atoms. The van der Waals surface area contributed by atoms with Crippen molar-refractivity contribution in [1.29, 1.82) is 0 Å². The number of nitrogens with zero attached hydrogens (tertiary/aromatic N) is 3. The van der Waals surface area contributed by atoms with Crippen molar-refractivity contribution in [2.45, 2.75) is 117 Å². The fourth-order valence-electron chi connectivity index (χ4n) is 6.81. The molecule has 0 spiro atoms. The van der Waals surface area contributed by atoms with Gasteiger partial charge in [-0.25, -0.2) is 9.48 Å². The molecule has 280 valence electrons. The Kier molecular flexibility index (Phi) is 16.9. The van der Waals surface area contributed by atoms with Crippen LogP contribution < -0.4 is 4.74 Å². The maximum atomic E-state index is 12.6. The van der Waals surface area contributed by atoms with Gasteiger partial charge in [-0.1, -0.05) is 62.1 Å². The van der Waals surface area contributed by atoms with E-state index in [9.17, 15) is 20.1 Å². The average molecular weight is 700 g/mol. The highest BCUT2D eigenvalue weighted by Gasteiger charge is 2.34. The number of aryl methyl sites for hydroxylation is 1. The van der Waals surface area contributed by atoms with Crippen LogP contribution in [0.2, 0.25) is 0 Å². The second-order valence-corrected chi connectivity index (χ2v) is 14.5. The van der Waals surface area contributed by atoms with E-state index in [-0.39, 0.29) is 43.0 Å². The third-order valence-corrected chi connectivity index (χ3v) is 9.55. The molecule has 0 fully saturated rings. The van der Waals surface area contributed by atoms with Crippen molar-refractivity contribution in [3.63, 3.8) is 0 Å². The lowest BCUT2D eigenvalue weighted by Crippen LogP contribution is -2.32. The van der Waals surface area contributed by atoms with Gasteiger partial charge in [-0.15, -0.1) is 5.10 Å². The summed E-state index contributed by atoms with van der Waals surface area (Å²) in [5.74, 6) is -0.697. The predicted octanol–water partition coefficient (Wildman–Crippen LogP) is 6.64. The molecular weight excluding hydrogens is 638 g/mol. The van der Waals surface area contributed by atoms with Crippen molar-refractivity contribution in [2.24, 2.45) is 11.8 Å². The maximum absolute atomic E-state index is 12.6. The molecular formula is C39H61N3O8. The molecule has 1 aromatic heterocycles. The quantitative estimate of drug-likeness (QED) is 0.0693. The van der Waals surface area contributed by atoms with E-state index in [0.717, 1.165) is 62.6 Å². The first kappa shape index (κ1) is 41.2. The first-order chi connectivity index (χ1) is 23.9. The van der Waals surface area contributed by atoms with E-state index in [1.165, 1.54) is 5.57 Å². The van der Waals surface area contributed by atoms with E-state index in [1.807, 2.05) is 20.0 Å². The van der Waals surface area contributed by atoms with Crippen molar-refractivity contribution in [3.8, 4) is 11.5 Å². The molecule has 0 amide bonds. The van der Waals surface area contributed by atoms with Crippen molar-refractivity contribution < 1.29 is 39.4 Å². The summed E-state index contributed by atoms with van der Waals surface area (Å²) in [5.41, 5.74) is 3.51. The highest BCUT2D eigenvalue weighted by molar-refractivity contribution is 5.94. The Labute approximate surface area is 298 Å². The first-order valence-electron chi connectivity index (χ1n) is 18.3. The van der Waals surface area contributed by atoms with Crippen molar-refractivity contribution >= 4 is 5.97 Å². The third kappa shape index (κ3) is 12.5. The number of benzene rings is 1. The minimum absolute atomic E-state index is 0.00920. The van der Waals surface area contributed by atoms with Crippen molar-refractivity contribution in [2.75, 3.05) is 39.6 Å². The van der Waals surface area contributed by atoms with E-state index in [1.54, 1.807) is 10.7 Å². The molecule has 1 heterocycles. The van der Waals surface area contributed by atoms with Gasteiger partial charge in [0, 0.05) is 30.7 Å². The Hall–Kier alpha value is -3.25. The SMILES string of the molecule is C=C(C)C1CCC(C)=CC1c1c(OCCO)cc(CCCCCCC(C)(Cc2cn(CCOCCO)nn2)OCCC(C)C)c(C(=O)O)c1O. The summed E-state index contributed by atoms with van der Waals surface area (Å²) in [4.78, 5) is 12.6. The smallest absolute Gasteiger partial charge is 0.339 e. The van der Waals surface area contributed by atoms with Crippen LogP contribution in [0.1, 0.15) is 119 Å². The van der Waals surface area contributed by atoms with Gasteiger partial charge in [0.15, 0.2) is 0 Å². The summed E-state index contributed by atoms with van der Waals surface area (Å²) in [7, 11) is 0. The lowest BCUT2D eigenvalue weighted by atomic mass is 9.73. The highest BCUT2D eigenvalue weighted by Crippen LogP contribution is 2.48. The normalized spacial score (nSPS) is 17.5. The number of carboxylic acids is 1. The Morgan fingerprint density at radius 2 is 1.86 bits per heavy atom. The van der Waals surface area contributed by atoms with E-state index in [4.69, 9.17) is 19.3 Å². The molecule has 0 aliphatic heterocycles. The van der Waals surface area contributed by atoms with Crippen LogP contribution >= 0.6 is 0 Å². The maximum Gasteiger partial charge on any atom is 0.339 e. The van der Waals surface area contributed by atoms with E-state index < -0.39 is 11.6 Å². The van der Waals surface area contributed by atoms with Crippen LogP contribution in [0, 0.1) is 11.8 Å². The number of aromatic carboxylic acids is 1. The number of allylic oxidation sites excluding steroid dienone is 3. The summed E-state index contributed by atoms with van der Waals surface area (Å²) in [5, 5.41) is 48.9. The molecule has 1 aliphatic carbocycles. The zero-order valence-corrected chi connectivity index (χ0v) is 31.0. The number of rotatable bonds is 24. The van der Waals surface area contributed by atoms with Crippen LogP contribution in [-0.2, 0) is 28.9 Å². The van der Waals surface area contributed by atoms with Gasteiger partial charge in [0.05, 0.1) is 44.3 Å². The Morgan fingerprint density at radius 1 is 1.12 bits per heavy atom. The summed E-state index contributed by atoms with van der Waals surface area (Å²) in [6.07, 6.45) is 12.2. The molecule has 3 atom stereocenters. The van der Waals surface area contributed by atoms with E-state index in [2.05, 4.69) is 43.7 Å². The summed E-state index contributed by atoms with van der Waals surface area (Å²) in [6, 6.07) is 1.76. The molecule has 1 aliphatic rings. The summed E-state index contributed by atoms with van der Waals surface area (Å²) < 4.78 is 19.5. The van der Waals surface area contributed by atoms with Crippen molar-refractivity contribution in [3.05, 3.63) is 58.4 Å². The number of aromatic nitrogens is 3. The minimum Gasteiger partial charge on any atom is -0.507 e. The van der Waals surface area contributed by atoms with Gasteiger partial charge in [0.25, 0.3) is 0 Å². The molecule has 4 N–H and O–H groups in total. The molecule has 1 aromatic carbocycles. The number of unbranched alkanes of at least 4 members (excludes halogenated alkanes) is 3. The highest BCUT2D eigenvalue weighted by atomic mass is 16.5. The van der Waals surface area contributed by atoms with Crippen LogP contribution in [0.5, 0.6) is 11.5 Å². The van der Waals surface area contributed by atoms with Gasteiger partial charge in [0.2, 0.25) is 0 Å². The monoisotopic (exact) mass is 699 g/mol. The van der Waals surface area contributed by atoms with Crippen LogP contribution in [0.4, 0.5) is 0 Å². The number of aliphatic hydroxyl groups is 2. The number of hydrogen-bond donors (Lipinski definition) is 4. The lowest BCUT2D eigenvalue weighted by Gasteiger charge is -2.32. The molecule has 2 aromatic rings. The van der Waals surface area contributed by atoms with Gasteiger partial charge in [-0.3, -0.25) is 0 Å².